The fourth-order valence-electron chi connectivity index (χ4n) is 1.60. The third kappa shape index (κ3) is 3.66. The molecule has 110 valence electrons. The summed E-state index contributed by atoms with van der Waals surface area (Å²) in [5.74, 6) is -1.26. The van der Waals surface area contributed by atoms with Crippen molar-refractivity contribution >= 4 is 44.9 Å². The van der Waals surface area contributed by atoms with E-state index in [1.54, 1.807) is 0 Å². The molecule has 0 saturated heterocycles. The second kappa shape index (κ2) is 5.93. The molecule has 0 radical (unpaired) electrons. The molecule has 8 heteroatoms. The smallest absolute Gasteiger partial charge is 0.337 e. The maximum absolute atomic E-state index is 12.2. The zero-order valence-corrected chi connectivity index (χ0v) is 12.7. The van der Waals surface area contributed by atoms with Gasteiger partial charge in [0.15, 0.2) is 0 Å². The van der Waals surface area contributed by atoms with E-state index in [0.29, 0.717) is 5.02 Å². The number of halogens is 2. The minimum Gasteiger partial charge on any atom is -0.478 e. The maximum Gasteiger partial charge on any atom is 0.337 e. The molecule has 2 N–H and O–H groups in total. The van der Waals surface area contributed by atoms with Crippen molar-refractivity contribution in [3.8, 4) is 0 Å². The number of rotatable bonds is 4. The highest BCUT2D eigenvalue weighted by atomic mass is 35.5. The molecule has 2 rings (SSSR count). The van der Waals surface area contributed by atoms with Gasteiger partial charge in [0.2, 0.25) is 0 Å². The summed E-state index contributed by atoms with van der Waals surface area (Å²) in [6, 6.07) is 9.30. The lowest BCUT2D eigenvalue weighted by Crippen LogP contribution is -2.15. The Morgan fingerprint density at radius 3 is 2.14 bits per heavy atom. The molecular weight excluding hydrogens is 337 g/mol. The van der Waals surface area contributed by atoms with Crippen molar-refractivity contribution in [2.75, 3.05) is 4.72 Å². The monoisotopic (exact) mass is 345 g/mol. The summed E-state index contributed by atoms with van der Waals surface area (Å²) in [5, 5.41) is 9.67. The Morgan fingerprint density at radius 2 is 1.57 bits per heavy atom. The zero-order valence-electron chi connectivity index (χ0n) is 10.4. The van der Waals surface area contributed by atoms with Gasteiger partial charge >= 0.3 is 5.97 Å². The van der Waals surface area contributed by atoms with Crippen LogP contribution in [0.1, 0.15) is 10.4 Å². The molecule has 0 spiro atoms. The van der Waals surface area contributed by atoms with Crippen LogP contribution in [0.3, 0.4) is 0 Å². The molecule has 0 atom stereocenters. The van der Waals surface area contributed by atoms with Crippen LogP contribution >= 0.6 is 23.2 Å². The number of sulfonamides is 1. The van der Waals surface area contributed by atoms with Gasteiger partial charge in [-0.1, -0.05) is 23.2 Å². The van der Waals surface area contributed by atoms with Crippen LogP contribution in [0.2, 0.25) is 10.0 Å². The molecule has 0 heterocycles. The minimum atomic E-state index is -3.93. The summed E-state index contributed by atoms with van der Waals surface area (Å²) in [6.07, 6.45) is 0. The van der Waals surface area contributed by atoms with Crippen molar-refractivity contribution in [1.29, 1.82) is 0 Å². The molecule has 0 aliphatic heterocycles. The molecule has 0 amide bonds. The van der Waals surface area contributed by atoms with Crippen LogP contribution < -0.4 is 4.72 Å². The van der Waals surface area contributed by atoms with Crippen LogP contribution in [0.25, 0.3) is 0 Å². The number of anilines is 1. The lowest BCUT2D eigenvalue weighted by atomic mass is 10.2. The van der Waals surface area contributed by atoms with Gasteiger partial charge in [-0.3, -0.25) is 4.72 Å². The van der Waals surface area contributed by atoms with Gasteiger partial charge in [0.25, 0.3) is 10.0 Å². The molecule has 5 nitrogen and oxygen atoms in total. The minimum absolute atomic E-state index is 0.0387. The first-order chi connectivity index (χ1) is 9.79. The van der Waals surface area contributed by atoms with Crippen molar-refractivity contribution in [3.05, 3.63) is 58.1 Å². The van der Waals surface area contributed by atoms with Gasteiger partial charge < -0.3 is 5.11 Å². The first kappa shape index (κ1) is 15.6. The topological polar surface area (TPSA) is 83.5 Å². The van der Waals surface area contributed by atoms with Crippen molar-refractivity contribution in [1.82, 2.24) is 0 Å². The summed E-state index contributed by atoms with van der Waals surface area (Å²) in [6.45, 7) is 0. The van der Waals surface area contributed by atoms with Crippen LogP contribution in [0.5, 0.6) is 0 Å². The predicted octanol–water partition coefficient (Wildman–Crippen LogP) is 3.49. The van der Waals surface area contributed by atoms with E-state index in [4.69, 9.17) is 28.3 Å². The number of hydrogen-bond acceptors (Lipinski definition) is 3. The van der Waals surface area contributed by atoms with Crippen molar-refractivity contribution < 1.29 is 18.3 Å². The molecular formula is C13H9Cl2NO4S. The molecule has 0 aliphatic carbocycles. The lowest BCUT2D eigenvalue weighted by Gasteiger charge is -2.11. The summed E-state index contributed by atoms with van der Waals surface area (Å²) < 4.78 is 26.6. The van der Waals surface area contributed by atoms with Crippen molar-refractivity contribution in [3.63, 3.8) is 0 Å². The van der Waals surface area contributed by atoms with Gasteiger partial charge in [-0.25, -0.2) is 13.2 Å². The highest BCUT2D eigenvalue weighted by Gasteiger charge is 2.18. The highest BCUT2D eigenvalue weighted by molar-refractivity contribution is 7.92. The number of nitrogens with one attached hydrogen (secondary N) is 1. The van der Waals surface area contributed by atoms with E-state index in [1.165, 1.54) is 42.5 Å². The van der Waals surface area contributed by atoms with Gasteiger partial charge in [-0.15, -0.1) is 0 Å². The first-order valence-electron chi connectivity index (χ1n) is 5.61. The summed E-state index contributed by atoms with van der Waals surface area (Å²) in [4.78, 5) is 11.1. The Hall–Kier alpha value is -1.76. The lowest BCUT2D eigenvalue weighted by molar-refractivity contribution is 0.0698. The molecule has 0 unspecified atom stereocenters. The molecule has 0 saturated carbocycles. The number of carboxylic acid groups (broad SMARTS) is 1. The summed E-state index contributed by atoms with van der Waals surface area (Å²) in [7, 11) is -3.93. The fourth-order valence-corrected chi connectivity index (χ4v) is 2.97. The van der Waals surface area contributed by atoms with Gasteiger partial charge in [-0.2, -0.15) is 0 Å². The van der Waals surface area contributed by atoms with Crippen LogP contribution in [-0.4, -0.2) is 19.5 Å². The SMILES string of the molecule is O=C(O)c1ccc(Cl)cc1NS(=O)(=O)c1ccc(Cl)cc1. The maximum atomic E-state index is 12.2. The van der Waals surface area contributed by atoms with E-state index in [-0.39, 0.29) is 21.2 Å². The fraction of sp³-hybridized carbons (Fsp3) is 0. The molecule has 2 aromatic carbocycles. The Kier molecular flexibility index (Phi) is 4.41. The molecule has 0 fully saturated rings. The highest BCUT2D eigenvalue weighted by Crippen LogP contribution is 2.24. The zero-order chi connectivity index (χ0) is 15.6. The van der Waals surface area contributed by atoms with Crippen molar-refractivity contribution in [2.45, 2.75) is 4.90 Å². The summed E-state index contributed by atoms with van der Waals surface area (Å²) >= 11 is 11.5. The van der Waals surface area contributed by atoms with E-state index >= 15 is 0 Å². The Morgan fingerprint density at radius 1 is 1.00 bits per heavy atom. The van der Waals surface area contributed by atoms with E-state index in [1.807, 2.05) is 0 Å². The van der Waals surface area contributed by atoms with E-state index in [2.05, 4.69) is 4.72 Å². The van der Waals surface area contributed by atoms with Gasteiger partial charge in [-0.05, 0) is 42.5 Å². The van der Waals surface area contributed by atoms with E-state index in [0.717, 1.165) is 0 Å². The van der Waals surface area contributed by atoms with Crippen molar-refractivity contribution in [2.24, 2.45) is 0 Å². The summed E-state index contributed by atoms with van der Waals surface area (Å²) in [5.41, 5.74) is -0.304. The normalized spacial score (nSPS) is 11.1. The molecule has 0 aliphatic rings. The van der Waals surface area contributed by atoms with E-state index in [9.17, 15) is 13.2 Å². The number of benzene rings is 2. The molecule has 2 aromatic rings. The van der Waals surface area contributed by atoms with Crippen LogP contribution in [0, 0.1) is 0 Å². The average molecular weight is 346 g/mol. The second-order valence-electron chi connectivity index (χ2n) is 4.05. The average Bonchev–Trinajstić information content (AvgIpc) is 2.38. The molecule has 21 heavy (non-hydrogen) atoms. The van der Waals surface area contributed by atoms with Gasteiger partial charge in [0, 0.05) is 10.0 Å². The third-order valence-electron chi connectivity index (χ3n) is 2.58. The van der Waals surface area contributed by atoms with Crippen LogP contribution in [0.15, 0.2) is 47.4 Å². The predicted molar refractivity (Wildman–Crippen MR) is 80.7 cm³/mol. The Balaban J connectivity index is 2.43. The number of aromatic carboxylic acids is 1. The van der Waals surface area contributed by atoms with Gasteiger partial charge in [0.05, 0.1) is 16.1 Å². The first-order valence-corrected chi connectivity index (χ1v) is 7.85. The molecule has 0 aromatic heterocycles. The number of carboxylic acids is 1. The van der Waals surface area contributed by atoms with Crippen LogP contribution in [-0.2, 0) is 10.0 Å². The largest absolute Gasteiger partial charge is 0.478 e. The van der Waals surface area contributed by atoms with Gasteiger partial charge in [0.1, 0.15) is 0 Å². The second-order valence-corrected chi connectivity index (χ2v) is 6.61. The number of carbonyl (C=O) groups is 1. The Labute approximate surface area is 131 Å². The van der Waals surface area contributed by atoms with E-state index < -0.39 is 16.0 Å². The number of hydrogen-bond donors (Lipinski definition) is 2. The quantitative estimate of drug-likeness (QED) is 0.888. The standard InChI is InChI=1S/C13H9Cl2NO4S/c14-8-1-4-10(5-2-8)21(19,20)16-12-7-9(15)3-6-11(12)13(17)18/h1-7,16H,(H,17,18). The van der Waals surface area contributed by atoms with Crippen LogP contribution in [0.4, 0.5) is 5.69 Å². The Bertz CT molecular complexity index is 788. The molecule has 0 bridgehead atoms. The third-order valence-corrected chi connectivity index (χ3v) is 4.45.